The van der Waals surface area contributed by atoms with Gasteiger partial charge in [0.05, 0.1) is 30.5 Å². The van der Waals surface area contributed by atoms with Crippen LogP contribution in [-0.2, 0) is 9.53 Å². The number of pyridine rings is 1. The lowest BCUT2D eigenvalue weighted by molar-refractivity contribution is -0.124. The summed E-state index contributed by atoms with van der Waals surface area (Å²) >= 11 is 0. The first-order valence-electron chi connectivity index (χ1n) is 9.04. The second kappa shape index (κ2) is 7.36. The van der Waals surface area contributed by atoms with Crippen LogP contribution < -0.4 is 5.32 Å². The quantitative estimate of drug-likeness (QED) is 0.785. The molecule has 132 valence electrons. The zero-order chi connectivity index (χ0) is 17.9. The summed E-state index contributed by atoms with van der Waals surface area (Å²) in [7, 11) is 0. The molecule has 1 saturated heterocycles. The number of ketones is 1. The number of hydrogen-bond donors (Lipinski definition) is 1. The molecule has 0 amide bonds. The van der Waals surface area contributed by atoms with Gasteiger partial charge in [0.25, 0.3) is 0 Å². The molecular weight excluding hydrogens is 324 g/mol. The molecule has 2 heterocycles. The third-order valence-electron chi connectivity index (χ3n) is 4.98. The number of fused-ring (bicyclic) bond motifs is 1. The fraction of sp³-hybridized carbons (Fsp3) is 0.273. The van der Waals surface area contributed by atoms with Crippen molar-refractivity contribution in [1.29, 1.82) is 0 Å². The van der Waals surface area contributed by atoms with Crippen LogP contribution in [-0.4, -0.2) is 36.6 Å². The molecule has 4 heteroatoms. The summed E-state index contributed by atoms with van der Waals surface area (Å²) in [5.41, 5.74) is 3.88. The molecule has 26 heavy (non-hydrogen) atoms. The third kappa shape index (κ3) is 3.26. The largest absolute Gasteiger partial charge is 0.378 e. The maximum Gasteiger partial charge on any atom is 0.159 e. The Morgan fingerprint density at radius 1 is 1.15 bits per heavy atom. The van der Waals surface area contributed by atoms with Crippen molar-refractivity contribution in [1.82, 2.24) is 10.3 Å². The van der Waals surface area contributed by atoms with Gasteiger partial charge in [-0.3, -0.25) is 4.79 Å². The normalized spacial score (nSPS) is 18.6. The average Bonchev–Trinajstić information content (AvgIpc) is 2.73. The number of nitrogens with one attached hydrogen (secondary N) is 1. The van der Waals surface area contributed by atoms with Crippen molar-refractivity contribution in [3.63, 3.8) is 0 Å². The van der Waals surface area contributed by atoms with Crippen molar-refractivity contribution >= 4 is 16.7 Å². The first-order valence-corrected chi connectivity index (χ1v) is 9.04. The first kappa shape index (κ1) is 16.9. The molecule has 0 aliphatic carbocycles. The van der Waals surface area contributed by atoms with Crippen molar-refractivity contribution in [3.8, 4) is 11.3 Å². The summed E-state index contributed by atoms with van der Waals surface area (Å²) in [5.74, 6) is -0.0652. The van der Waals surface area contributed by atoms with Gasteiger partial charge in [0, 0.05) is 23.4 Å². The summed E-state index contributed by atoms with van der Waals surface area (Å²) in [6.45, 7) is 3.80. The highest BCUT2D eigenvalue weighted by atomic mass is 16.5. The summed E-state index contributed by atoms with van der Waals surface area (Å²) in [5, 5.41) is 4.31. The average molecular weight is 346 g/mol. The number of morpholine rings is 1. The highest BCUT2D eigenvalue weighted by Gasteiger charge is 2.28. The third-order valence-corrected chi connectivity index (χ3v) is 4.98. The van der Waals surface area contributed by atoms with Gasteiger partial charge in [-0.05, 0) is 17.7 Å². The van der Waals surface area contributed by atoms with Gasteiger partial charge in [0.2, 0.25) is 0 Å². The molecule has 2 unspecified atom stereocenters. The summed E-state index contributed by atoms with van der Waals surface area (Å²) in [6.07, 6.45) is 0. The number of rotatable bonds is 4. The lowest BCUT2D eigenvalue weighted by Gasteiger charge is -2.26. The minimum absolute atomic E-state index is 0.167. The zero-order valence-corrected chi connectivity index (χ0v) is 14.8. The number of aromatic nitrogens is 1. The molecule has 1 aromatic heterocycles. The first-order chi connectivity index (χ1) is 12.7. The highest BCUT2D eigenvalue weighted by molar-refractivity contribution is 5.96. The molecule has 0 spiro atoms. The van der Waals surface area contributed by atoms with Crippen LogP contribution in [0.5, 0.6) is 0 Å². The fourth-order valence-electron chi connectivity index (χ4n) is 3.52. The topological polar surface area (TPSA) is 51.2 Å². The SMILES string of the molecule is CC(C(=O)C1COCCN1)c1cc(-c2ccccc2)nc2ccccc12. The number of carbonyl (C=O) groups excluding carboxylic acids is 1. The molecule has 0 bridgehead atoms. The van der Waals surface area contributed by atoms with E-state index in [1.54, 1.807) is 0 Å². The van der Waals surface area contributed by atoms with Crippen LogP contribution in [0.3, 0.4) is 0 Å². The monoisotopic (exact) mass is 346 g/mol. The van der Waals surface area contributed by atoms with E-state index < -0.39 is 0 Å². The second-order valence-electron chi connectivity index (χ2n) is 6.69. The van der Waals surface area contributed by atoms with Crippen molar-refractivity contribution in [2.75, 3.05) is 19.8 Å². The molecule has 1 fully saturated rings. The van der Waals surface area contributed by atoms with Gasteiger partial charge in [-0.2, -0.15) is 0 Å². The van der Waals surface area contributed by atoms with E-state index in [0.717, 1.165) is 34.3 Å². The Hall–Kier alpha value is -2.56. The molecule has 1 N–H and O–H groups in total. The number of benzene rings is 2. The van der Waals surface area contributed by atoms with Gasteiger partial charge in [-0.25, -0.2) is 4.98 Å². The Morgan fingerprint density at radius 3 is 2.69 bits per heavy atom. The van der Waals surface area contributed by atoms with Gasteiger partial charge in [-0.15, -0.1) is 0 Å². The molecule has 1 aliphatic rings. The van der Waals surface area contributed by atoms with E-state index in [4.69, 9.17) is 9.72 Å². The standard InChI is InChI=1S/C22H22N2O2/c1-15(22(25)21-14-26-12-11-23-21)18-13-20(16-7-3-2-4-8-16)24-19-10-6-5-9-17(18)19/h2-10,13,15,21,23H,11-12,14H2,1H3. The molecule has 2 aromatic carbocycles. The summed E-state index contributed by atoms with van der Waals surface area (Å²) in [6, 6.07) is 19.9. The van der Waals surface area contributed by atoms with Gasteiger partial charge >= 0.3 is 0 Å². The van der Waals surface area contributed by atoms with E-state index in [1.165, 1.54) is 0 Å². The predicted octanol–water partition coefficient (Wildman–Crippen LogP) is 3.56. The van der Waals surface area contributed by atoms with Crippen molar-refractivity contribution in [2.24, 2.45) is 0 Å². The minimum Gasteiger partial charge on any atom is -0.378 e. The van der Waals surface area contributed by atoms with E-state index in [0.29, 0.717) is 13.2 Å². The molecule has 4 rings (SSSR count). The predicted molar refractivity (Wildman–Crippen MR) is 103 cm³/mol. The van der Waals surface area contributed by atoms with Crippen molar-refractivity contribution in [2.45, 2.75) is 18.9 Å². The van der Waals surface area contributed by atoms with Crippen LogP contribution in [0.15, 0.2) is 60.7 Å². The Bertz CT molecular complexity index is 918. The maximum atomic E-state index is 13.0. The Balaban J connectivity index is 1.78. The van der Waals surface area contributed by atoms with E-state index in [1.807, 2.05) is 61.5 Å². The highest BCUT2D eigenvalue weighted by Crippen LogP contribution is 2.30. The number of Topliss-reactive ketones (excluding diaryl/α,β-unsaturated/α-hetero) is 1. The molecule has 2 atom stereocenters. The van der Waals surface area contributed by atoms with E-state index >= 15 is 0 Å². The van der Waals surface area contributed by atoms with Crippen LogP contribution in [0, 0.1) is 0 Å². The molecule has 0 saturated carbocycles. The molecule has 3 aromatic rings. The second-order valence-corrected chi connectivity index (χ2v) is 6.69. The van der Waals surface area contributed by atoms with Crippen LogP contribution >= 0.6 is 0 Å². The lowest BCUT2D eigenvalue weighted by Crippen LogP contribution is -2.47. The van der Waals surface area contributed by atoms with Crippen molar-refractivity contribution in [3.05, 3.63) is 66.2 Å². The minimum atomic E-state index is -0.245. The Kier molecular flexibility index (Phi) is 4.78. The lowest BCUT2D eigenvalue weighted by atomic mass is 9.89. The molecule has 4 nitrogen and oxygen atoms in total. The van der Waals surface area contributed by atoms with E-state index in [2.05, 4.69) is 11.4 Å². The summed E-state index contributed by atoms with van der Waals surface area (Å²) in [4.78, 5) is 17.8. The fourth-order valence-corrected chi connectivity index (χ4v) is 3.52. The smallest absolute Gasteiger partial charge is 0.159 e. The van der Waals surface area contributed by atoms with E-state index in [-0.39, 0.29) is 17.7 Å². The molecular formula is C22H22N2O2. The summed E-state index contributed by atoms with van der Waals surface area (Å²) < 4.78 is 5.47. The molecule has 1 aliphatic heterocycles. The zero-order valence-electron chi connectivity index (χ0n) is 14.8. The van der Waals surface area contributed by atoms with Crippen LogP contribution in [0.1, 0.15) is 18.4 Å². The van der Waals surface area contributed by atoms with E-state index in [9.17, 15) is 4.79 Å². The number of ether oxygens (including phenoxy) is 1. The van der Waals surface area contributed by atoms with Gasteiger partial charge in [-0.1, -0.05) is 55.5 Å². The number of carbonyl (C=O) groups is 1. The Labute approximate surface area is 153 Å². The number of para-hydroxylation sites is 1. The van der Waals surface area contributed by atoms with Gasteiger partial charge in [0.1, 0.15) is 0 Å². The van der Waals surface area contributed by atoms with Gasteiger partial charge in [0.15, 0.2) is 5.78 Å². The van der Waals surface area contributed by atoms with Crippen LogP contribution in [0.4, 0.5) is 0 Å². The van der Waals surface area contributed by atoms with Crippen molar-refractivity contribution < 1.29 is 9.53 Å². The molecule has 0 radical (unpaired) electrons. The number of hydrogen-bond acceptors (Lipinski definition) is 4. The van der Waals surface area contributed by atoms with Crippen LogP contribution in [0.2, 0.25) is 0 Å². The van der Waals surface area contributed by atoms with Crippen LogP contribution in [0.25, 0.3) is 22.2 Å². The van der Waals surface area contributed by atoms with Gasteiger partial charge < -0.3 is 10.1 Å². The maximum absolute atomic E-state index is 13.0. The number of nitrogens with zero attached hydrogens (tertiary/aromatic N) is 1. The Morgan fingerprint density at radius 2 is 1.92 bits per heavy atom.